The maximum atomic E-state index is 14.1. The number of nitro groups is 2. The first-order valence-electron chi connectivity index (χ1n) is 42.9. The predicted octanol–water partition coefficient (Wildman–Crippen LogP) is 19.7. The van der Waals surface area contributed by atoms with Gasteiger partial charge in [0.25, 0.3) is 43.2 Å². The predicted molar refractivity (Wildman–Crippen MR) is 496 cm³/mol. The number of nitrogens with one attached hydrogen (secondary N) is 4. The van der Waals surface area contributed by atoms with Gasteiger partial charge in [0.1, 0.15) is 45.8 Å². The van der Waals surface area contributed by atoms with Gasteiger partial charge in [-0.1, -0.05) is 146 Å². The lowest BCUT2D eigenvalue weighted by Gasteiger charge is -2.39. The molecule has 8 heterocycles. The van der Waals surface area contributed by atoms with Crippen molar-refractivity contribution in [2.24, 2.45) is 10.8 Å². The number of halogens is 2. The minimum atomic E-state index is -4.64. The first-order valence-corrected chi connectivity index (χ1v) is 46.6. The van der Waals surface area contributed by atoms with Crippen molar-refractivity contribution in [2.45, 2.75) is 115 Å². The van der Waals surface area contributed by atoms with E-state index < -0.39 is 62.9 Å². The molecule has 0 spiro atoms. The van der Waals surface area contributed by atoms with Crippen molar-refractivity contribution in [3.8, 4) is 34.5 Å². The normalized spacial score (nSPS) is 17.8. The lowest BCUT2D eigenvalue weighted by atomic mass is 9.72. The number of carbonyl (C=O) groups excluding carboxylic acids is 2. The minimum absolute atomic E-state index is 0.0494. The molecule has 26 nitrogen and oxygen atoms in total. The van der Waals surface area contributed by atoms with Gasteiger partial charge in [0.2, 0.25) is 0 Å². The number of anilines is 2. The number of piperazine rings is 2. The summed E-state index contributed by atoms with van der Waals surface area (Å²) in [6.07, 6.45) is 13.5. The molecular formula is C98H98Cl2N12O14S2. The van der Waals surface area contributed by atoms with Crippen LogP contribution in [0.3, 0.4) is 0 Å². The summed E-state index contributed by atoms with van der Waals surface area (Å²) in [4.78, 5) is 75.1. The van der Waals surface area contributed by atoms with E-state index in [2.05, 4.69) is 101 Å². The number of benzene rings is 8. The van der Waals surface area contributed by atoms with Crippen LogP contribution in [0.5, 0.6) is 34.5 Å². The van der Waals surface area contributed by atoms with Crippen LogP contribution in [0, 0.1) is 44.9 Å². The van der Waals surface area contributed by atoms with Gasteiger partial charge < -0.3 is 38.7 Å². The molecule has 2 amide bonds. The molecule has 8 aromatic carbocycles. The van der Waals surface area contributed by atoms with Gasteiger partial charge in [-0.3, -0.25) is 39.6 Å². The van der Waals surface area contributed by atoms with Crippen LogP contribution in [0.2, 0.25) is 10.0 Å². The van der Waals surface area contributed by atoms with Crippen LogP contribution >= 0.6 is 23.2 Å². The Hall–Kier alpha value is -12.4. The molecule has 0 unspecified atom stereocenters. The Balaban J connectivity index is 0.000000180. The smallest absolute Gasteiger partial charge is 0.277 e. The summed E-state index contributed by atoms with van der Waals surface area (Å²) in [5, 5.41) is 27.8. The van der Waals surface area contributed by atoms with E-state index in [0.717, 1.165) is 171 Å². The van der Waals surface area contributed by atoms with Crippen LogP contribution in [-0.4, -0.2) is 147 Å². The molecule has 18 rings (SSSR count). The zero-order chi connectivity index (χ0) is 89.5. The van der Waals surface area contributed by atoms with Gasteiger partial charge in [-0.05, 0) is 182 Å². The first-order chi connectivity index (χ1) is 61.3. The molecule has 2 fully saturated rings. The van der Waals surface area contributed by atoms with E-state index >= 15 is 0 Å². The van der Waals surface area contributed by atoms with E-state index in [9.17, 15) is 46.7 Å². The number of pyridine rings is 2. The van der Waals surface area contributed by atoms with Crippen molar-refractivity contribution in [3.05, 3.63) is 304 Å². The Bertz CT molecular complexity index is 6210. The molecule has 4 aromatic heterocycles. The molecule has 0 bridgehead atoms. The summed E-state index contributed by atoms with van der Waals surface area (Å²) in [5.74, 6) is -1.15. The highest BCUT2D eigenvalue weighted by atomic mass is 35.5. The number of nitro benzene ring substituents is 2. The molecule has 0 saturated carbocycles. The van der Waals surface area contributed by atoms with Crippen molar-refractivity contribution >= 4 is 111 Å². The number of rotatable bonds is 22. The molecule has 0 radical (unpaired) electrons. The average molecular weight is 1800 g/mol. The zero-order valence-electron chi connectivity index (χ0n) is 71.8. The van der Waals surface area contributed by atoms with Crippen LogP contribution in [0.15, 0.2) is 228 Å². The SMILES string of the molecule is Cc1ccc([C@@H]2COc3cc(S(=O)(=O)NC(=O)c4ccc(N5CCN(CC6=C(c7ccc(Cl)cc7)CC(C)(C)CC6)CC5)cc4Oc4cnc5[nH]ccc5c4)cc([N+](=O)[O-])c3C2)cc1.Cc1ccc([C@@H]2COc3cc(S(=O)(=O)NC(=O)c4ccc(N5CCN(CC6=C(c7ccc(Cl)cc7)CC(C)(C)CC6)CC5)cc4Oc4cnc5[nH]ccc5c4)cc([N+](=O)[O-])c3C2)cc1. The van der Waals surface area contributed by atoms with E-state index in [1.54, 1.807) is 60.9 Å². The fourth-order valence-corrected chi connectivity index (χ4v) is 20.3. The molecule has 12 aromatic rings. The lowest BCUT2D eigenvalue weighted by Crippen LogP contribution is -2.47. The quantitative estimate of drug-likeness (QED) is 0.0362. The monoisotopic (exact) mass is 1800 g/mol. The summed E-state index contributed by atoms with van der Waals surface area (Å²) >= 11 is 12.5. The summed E-state index contributed by atoms with van der Waals surface area (Å²) < 4.78 is 84.6. The van der Waals surface area contributed by atoms with Crippen LogP contribution in [0.25, 0.3) is 33.2 Å². The third-order valence-electron chi connectivity index (χ3n) is 25.4. The van der Waals surface area contributed by atoms with E-state index in [1.807, 2.05) is 98.8 Å². The largest absolute Gasteiger partial charge is 0.492 e. The Kier molecular flexibility index (Phi) is 24.9. The summed E-state index contributed by atoms with van der Waals surface area (Å²) in [5.41, 5.74) is 15.4. The second kappa shape index (κ2) is 36.4. The maximum absolute atomic E-state index is 14.1. The molecule has 2 aliphatic carbocycles. The van der Waals surface area contributed by atoms with E-state index in [4.69, 9.17) is 42.1 Å². The van der Waals surface area contributed by atoms with E-state index in [-0.39, 0.29) is 82.8 Å². The van der Waals surface area contributed by atoms with Crippen LogP contribution in [0.4, 0.5) is 22.7 Å². The molecule has 128 heavy (non-hydrogen) atoms. The van der Waals surface area contributed by atoms with Crippen molar-refractivity contribution in [3.63, 3.8) is 0 Å². The molecule has 2 atom stereocenters. The van der Waals surface area contributed by atoms with Gasteiger partial charge in [0.05, 0.1) is 67.5 Å². The zero-order valence-corrected chi connectivity index (χ0v) is 74.9. The Morgan fingerprint density at radius 3 is 1.27 bits per heavy atom. The van der Waals surface area contributed by atoms with Gasteiger partial charge in [-0.2, -0.15) is 0 Å². The van der Waals surface area contributed by atoms with E-state index in [0.29, 0.717) is 33.9 Å². The number of allylic oxidation sites excluding steroid dienone is 2. The van der Waals surface area contributed by atoms with Crippen molar-refractivity contribution in [1.29, 1.82) is 0 Å². The molecule has 6 aliphatic rings. The molecule has 2 saturated heterocycles. The Morgan fingerprint density at radius 2 is 0.891 bits per heavy atom. The third-order valence-corrected chi connectivity index (χ3v) is 28.5. The number of fused-ring (bicyclic) bond motifs is 4. The minimum Gasteiger partial charge on any atom is -0.492 e. The van der Waals surface area contributed by atoms with E-state index in [1.165, 1.54) is 57.9 Å². The Morgan fingerprint density at radius 1 is 0.508 bits per heavy atom. The molecule has 30 heteroatoms. The van der Waals surface area contributed by atoms with Crippen LogP contribution in [-0.2, 0) is 32.9 Å². The highest BCUT2D eigenvalue weighted by Crippen LogP contribution is 2.48. The van der Waals surface area contributed by atoms with Crippen molar-refractivity contribution in [2.75, 3.05) is 88.5 Å². The molecular weight excluding hydrogens is 1700 g/mol. The number of nitrogens with zero attached hydrogens (tertiary/aromatic N) is 8. The lowest BCUT2D eigenvalue weighted by molar-refractivity contribution is -0.386. The number of aryl methyl sites for hydroxylation is 2. The highest BCUT2D eigenvalue weighted by molar-refractivity contribution is 7.90. The van der Waals surface area contributed by atoms with Crippen molar-refractivity contribution < 1.29 is 55.2 Å². The fourth-order valence-electron chi connectivity index (χ4n) is 18.0. The van der Waals surface area contributed by atoms with Gasteiger partial charge in [0.15, 0.2) is 0 Å². The second-order valence-electron chi connectivity index (χ2n) is 35.6. The number of carbonyl (C=O) groups is 2. The second-order valence-corrected chi connectivity index (χ2v) is 39.8. The van der Waals surface area contributed by atoms with Crippen molar-refractivity contribution in [1.82, 2.24) is 39.2 Å². The number of amides is 2. The molecule has 4 aliphatic heterocycles. The van der Waals surface area contributed by atoms with Crippen LogP contribution in [0.1, 0.15) is 143 Å². The molecule has 4 N–H and O–H groups in total. The van der Waals surface area contributed by atoms with Gasteiger partial charge in [0, 0.05) is 158 Å². The standard InChI is InChI=1S/2C49H49ClN6O7S/c2*1-31-4-6-32(7-5-31)36-23-42-44(56(58)59)25-40(26-45(42)62-30-36)64(60,61)53-48(57)41-13-12-38(24-46(41)63-39-22-34-15-17-51-47(34)52-28-39)55-20-18-54(19-21-55)29-35-14-16-49(2,3)27-43(35)33-8-10-37(50)11-9-33/h2*4-13,15,17,22,24-26,28,36H,14,16,18-21,23,27,29-30H2,1-3H3,(H,51,52)(H,53,57)/t2*36-/m00/s1. The maximum Gasteiger partial charge on any atom is 0.277 e. The topological polar surface area (TPSA) is 320 Å². The van der Waals surface area contributed by atoms with Gasteiger partial charge in [-0.15, -0.1) is 0 Å². The number of ether oxygens (including phenoxy) is 4. The molecule has 660 valence electrons. The summed E-state index contributed by atoms with van der Waals surface area (Å²) in [6.45, 7) is 21.6. The fraction of sp³-hybridized carbons (Fsp3) is 0.306. The Labute approximate surface area is 752 Å². The van der Waals surface area contributed by atoms with Gasteiger partial charge >= 0.3 is 0 Å². The summed E-state index contributed by atoms with van der Waals surface area (Å²) in [7, 11) is -9.28. The number of aromatic nitrogens is 4. The number of sulfonamides is 2. The average Bonchev–Trinajstić information content (AvgIpc) is 1.03. The number of hydrogen-bond acceptors (Lipinski definition) is 20. The number of aromatic amines is 2. The van der Waals surface area contributed by atoms with Gasteiger partial charge in [-0.25, -0.2) is 36.2 Å². The highest BCUT2D eigenvalue weighted by Gasteiger charge is 2.38. The first kappa shape index (κ1) is 87.6. The summed E-state index contributed by atoms with van der Waals surface area (Å²) in [6, 6.07) is 53.9. The number of hydrogen-bond donors (Lipinski definition) is 4. The van der Waals surface area contributed by atoms with Crippen LogP contribution < -0.4 is 38.2 Å². The third kappa shape index (κ3) is 19.8. The number of H-pyrrole nitrogens is 2.